The Morgan fingerprint density at radius 3 is 2.79 bits per heavy atom. The second-order valence-corrected chi connectivity index (χ2v) is 6.62. The minimum absolute atomic E-state index is 0.0193. The van der Waals surface area contributed by atoms with E-state index in [1.54, 1.807) is 0 Å². The molecule has 1 aromatic heterocycles. The van der Waals surface area contributed by atoms with Gasteiger partial charge in [0.05, 0.1) is 25.5 Å². The Labute approximate surface area is 142 Å². The van der Waals surface area contributed by atoms with E-state index < -0.39 is 0 Å². The molecule has 6 heteroatoms. The number of hydrogen-bond donors (Lipinski definition) is 0. The third kappa shape index (κ3) is 3.48. The summed E-state index contributed by atoms with van der Waals surface area (Å²) in [4.78, 5) is 14.3. The van der Waals surface area contributed by atoms with E-state index in [4.69, 9.17) is 4.74 Å². The first-order valence-electron chi connectivity index (χ1n) is 8.35. The molecule has 0 fully saturated rings. The van der Waals surface area contributed by atoms with Gasteiger partial charge < -0.3 is 9.64 Å². The number of rotatable bonds is 5. The molecule has 0 aliphatic carbocycles. The fourth-order valence-electron chi connectivity index (χ4n) is 3.18. The number of nitrogens with zero attached hydrogens (tertiary/aromatic N) is 4. The van der Waals surface area contributed by atoms with Crippen molar-refractivity contribution in [1.82, 2.24) is 19.9 Å². The Bertz CT molecular complexity index is 696. The molecule has 1 aliphatic rings. The summed E-state index contributed by atoms with van der Waals surface area (Å²) in [5.41, 5.74) is 3.11. The third-order valence-electron chi connectivity index (χ3n) is 4.35. The minimum atomic E-state index is -0.0193. The molecule has 6 nitrogen and oxygen atoms in total. The summed E-state index contributed by atoms with van der Waals surface area (Å²) >= 11 is 0. The number of ether oxygens (including phenoxy) is 1. The van der Waals surface area contributed by atoms with Crippen LogP contribution in [0.5, 0.6) is 0 Å². The van der Waals surface area contributed by atoms with Gasteiger partial charge >= 0.3 is 0 Å². The first kappa shape index (κ1) is 16.6. The predicted octanol–water partition coefficient (Wildman–Crippen LogP) is 2.11. The zero-order valence-corrected chi connectivity index (χ0v) is 14.5. The second kappa shape index (κ2) is 7.13. The summed E-state index contributed by atoms with van der Waals surface area (Å²) < 4.78 is 7.73. The highest BCUT2D eigenvalue weighted by Gasteiger charge is 2.33. The maximum absolute atomic E-state index is 12.4. The average Bonchev–Trinajstić information content (AvgIpc) is 2.96. The van der Waals surface area contributed by atoms with Crippen LogP contribution in [-0.2, 0) is 29.7 Å². The molecule has 1 aromatic carbocycles. The highest BCUT2D eigenvalue weighted by atomic mass is 16.5. The number of carbonyl (C=O) groups excluding carboxylic acids is 1. The summed E-state index contributed by atoms with van der Waals surface area (Å²) in [6, 6.07) is 10.1. The Kier molecular flexibility index (Phi) is 4.94. The fourth-order valence-corrected chi connectivity index (χ4v) is 3.18. The highest BCUT2D eigenvalue weighted by Crippen LogP contribution is 2.28. The number of aryl methyl sites for hydroxylation is 1. The quantitative estimate of drug-likeness (QED) is 0.843. The van der Waals surface area contributed by atoms with Crippen LogP contribution in [0.15, 0.2) is 30.3 Å². The lowest BCUT2D eigenvalue weighted by Gasteiger charge is -2.33. The fraction of sp³-hybridized carbons (Fsp3) is 0.500. The van der Waals surface area contributed by atoms with Crippen LogP contribution >= 0.6 is 0 Å². The Hall–Kier alpha value is -2.21. The molecule has 0 spiro atoms. The summed E-state index contributed by atoms with van der Waals surface area (Å²) in [6.07, 6.45) is 0. The minimum Gasteiger partial charge on any atom is -0.376 e. The van der Waals surface area contributed by atoms with E-state index in [0.717, 1.165) is 17.0 Å². The van der Waals surface area contributed by atoms with Gasteiger partial charge in [-0.05, 0) is 5.56 Å². The van der Waals surface area contributed by atoms with Crippen molar-refractivity contribution < 1.29 is 9.53 Å². The van der Waals surface area contributed by atoms with Gasteiger partial charge in [0.2, 0.25) is 5.91 Å². The molecule has 2 aromatic rings. The lowest BCUT2D eigenvalue weighted by molar-refractivity contribution is -0.136. The van der Waals surface area contributed by atoms with Gasteiger partial charge in [-0.3, -0.25) is 9.48 Å². The van der Waals surface area contributed by atoms with E-state index in [0.29, 0.717) is 26.3 Å². The number of carbonyl (C=O) groups is 1. The smallest absolute Gasteiger partial charge is 0.225 e. The van der Waals surface area contributed by atoms with Crippen molar-refractivity contribution in [3.8, 4) is 0 Å². The SMILES string of the molecule is CC(C)C(=O)N1Cc2nnn(C)c2[C@@H](COCc2ccccc2)C1. The van der Waals surface area contributed by atoms with E-state index in [9.17, 15) is 4.79 Å². The van der Waals surface area contributed by atoms with Crippen LogP contribution in [0.25, 0.3) is 0 Å². The molecule has 24 heavy (non-hydrogen) atoms. The number of hydrogen-bond acceptors (Lipinski definition) is 4. The Morgan fingerprint density at radius 1 is 1.33 bits per heavy atom. The van der Waals surface area contributed by atoms with Crippen LogP contribution in [0.2, 0.25) is 0 Å². The van der Waals surface area contributed by atoms with Crippen molar-refractivity contribution in [2.75, 3.05) is 13.2 Å². The molecule has 0 radical (unpaired) electrons. The van der Waals surface area contributed by atoms with E-state index in [-0.39, 0.29) is 17.7 Å². The van der Waals surface area contributed by atoms with Crippen LogP contribution in [0.4, 0.5) is 0 Å². The van der Waals surface area contributed by atoms with Crippen molar-refractivity contribution in [3.05, 3.63) is 47.3 Å². The van der Waals surface area contributed by atoms with Crippen molar-refractivity contribution in [1.29, 1.82) is 0 Å². The van der Waals surface area contributed by atoms with Crippen molar-refractivity contribution in [2.45, 2.75) is 32.9 Å². The summed E-state index contributed by atoms with van der Waals surface area (Å²) in [5.74, 6) is 0.230. The molecule has 0 saturated carbocycles. The largest absolute Gasteiger partial charge is 0.376 e. The Morgan fingerprint density at radius 2 is 2.08 bits per heavy atom. The molecule has 128 valence electrons. The Balaban J connectivity index is 1.70. The third-order valence-corrected chi connectivity index (χ3v) is 4.35. The molecule has 1 aliphatic heterocycles. The molecule has 2 heterocycles. The van der Waals surface area contributed by atoms with Crippen LogP contribution in [-0.4, -0.2) is 39.0 Å². The summed E-state index contributed by atoms with van der Waals surface area (Å²) in [7, 11) is 1.90. The first-order chi connectivity index (χ1) is 11.6. The molecule has 0 bridgehead atoms. The lowest BCUT2D eigenvalue weighted by Crippen LogP contribution is -2.42. The van der Waals surface area contributed by atoms with E-state index in [1.807, 2.05) is 60.8 Å². The monoisotopic (exact) mass is 328 g/mol. The molecule has 3 rings (SSSR count). The molecular formula is C18H24N4O2. The lowest BCUT2D eigenvalue weighted by atomic mass is 9.98. The van der Waals surface area contributed by atoms with Gasteiger partial charge in [0.15, 0.2) is 0 Å². The number of amides is 1. The van der Waals surface area contributed by atoms with E-state index in [1.165, 1.54) is 0 Å². The highest BCUT2D eigenvalue weighted by molar-refractivity contribution is 5.78. The predicted molar refractivity (Wildman–Crippen MR) is 90.1 cm³/mol. The summed E-state index contributed by atoms with van der Waals surface area (Å²) in [6.45, 7) is 6.15. The van der Waals surface area contributed by atoms with Gasteiger partial charge in [0, 0.05) is 25.4 Å². The van der Waals surface area contributed by atoms with Crippen LogP contribution in [0.3, 0.4) is 0 Å². The normalized spacial score (nSPS) is 17.2. The van der Waals surface area contributed by atoms with Gasteiger partial charge in [-0.1, -0.05) is 49.4 Å². The zero-order valence-electron chi connectivity index (χ0n) is 14.5. The standard InChI is InChI=1S/C18H24N4O2/c1-13(2)18(23)22-9-15(17-16(10-22)19-20-21(17)3)12-24-11-14-7-5-4-6-8-14/h4-8,13,15H,9-12H2,1-3H3/t15-/m1/s1. The topological polar surface area (TPSA) is 60.2 Å². The van der Waals surface area contributed by atoms with Gasteiger partial charge in [-0.25, -0.2) is 0 Å². The molecule has 1 atom stereocenters. The van der Waals surface area contributed by atoms with Gasteiger partial charge in [0.25, 0.3) is 0 Å². The molecular weight excluding hydrogens is 304 g/mol. The van der Waals surface area contributed by atoms with E-state index >= 15 is 0 Å². The molecule has 0 saturated heterocycles. The van der Waals surface area contributed by atoms with Gasteiger partial charge in [-0.15, -0.1) is 5.10 Å². The second-order valence-electron chi connectivity index (χ2n) is 6.62. The van der Waals surface area contributed by atoms with Gasteiger partial charge in [0.1, 0.15) is 5.69 Å². The number of fused-ring (bicyclic) bond motifs is 1. The van der Waals surface area contributed by atoms with Crippen LogP contribution in [0.1, 0.15) is 36.7 Å². The first-order valence-corrected chi connectivity index (χ1v) is 8.35. The molecule has 0 N–H and O–H groups in total. The zero-order chi connectivity index (χ0) is 17.1. The van der Waals surface area contributed by atoms with Crippen molar-refractivity contribution in [3.63, 3.8) is 0 Å². The van der Waals surface area contributed by atoms with E-state index in [2.05, 4.69) is 10.3 Å². The maximum Gasteiger partial charge on any atom is 0.225 e. The summed E-state index contributed by atoms with van der Waals surface area (Å²) in [5, 5.41) is 8.35. The van der Waals surface area contributed by atoms with Crippen molar-refractivity contribution in [2.24, 2.45) is 13.0 Å². The van der Waals surface area contributed by atoms with Crippen molar-refractivity contribution >= 4 is 5.91 Å². The molecule has 1 amide bonds. The van der Waals surface area contributed by atoms with Crippen LogP contribution < -0.4 is 0 Å². The maximum atomic E-state index is 12.4. The number of aromatic nitrogens is 3. The van der Waals surface area contributed by atoms with Gasteiger partial charge in [-0.2, -0.15) is 0 Å². The molecule has 0 unspecified atom stereocenters. The average molecular weight is 328 g/mol. The van der Waals surface area contributed by atoms with Crippen LogP contribution in [0, 0.1) is 5.92 Å². The number of benzene rings is 1.